The molecule has 1 rings (SSSR count). The second-order valence-electron chi connectivity index (χ2n) is 3.92. The summed E-state index contributed by atoms with van der Waals surface area (Å²) in [5.41, 5.74) is 1.84. The van der Waals surface area contributed by atoms with Crippen LogP contribution in [0.1, 0.15) is 18.1 Å². The van der Waals surface area contributed by atoms with Crippen LogP contribution in [0.2, 0.25) is 5.02 Å². The molecule has 4 heteroatoms. The van der Waals surface area contributed by atoms with E-state index < -0.39 is 11.9 Å². The Morgan fingerprint density at radius 3 is 2.38 bits per heavy atom. The maximum absolute atomic E-state index is 10.6. The lowest BCUT2D eigenvalue weighted by atomic mass is 10.1. The molecule has 0 fully saturated rings. The van der Waals surface area contributed by atoms with E-state index in [0.717, 1.165) is 16.9 Å². The number of hydrogen-bond acceptors (Lipinski definition) is 2. The van der Waals surface area contributed by atoms with Crippen LogP contribution >= 0.6 is 11.6 Å². The molecule has 1 aromatic rings. The second kappa shape index (κ2) is 5.21. The van der Waals surface area contributed by atoms with E-state index in [2.05, 4.69) is 0 Å². The monoisotopic (exact) mass is 242 g/mol. The van der Waals surface area contributed by atoms with Gasteiger partial charge in [-0.1, -0.05) is 11.6 Å². The summed E-state index contributed by atoms with van der Waals surface area (Å²) in [5.74, 6) is -0.656. The molecule has 1 aromatic carbocycles. The van der Waals surface area contributed by atoms with Gasteiger partial charge in [0.15, 0.2) is 0 Å². The third kappa shape index (κ3) is 3.14. The molecule has 0 saturated carbocycles. The minimum atomic E-state index is -0.857. The number of carboxylic acid groups (broad SMARTS) is 1. The minimum Gasteiger partial charge on any atom is -0.492 e. The van der Waals surface area contributed by atoms with Crippen LogP contribution in [0.3, 0.4) is 0 Å². The van der Waals surface area contributed by atoms with E-state index in [1.807, 2.05) is 13.8 Å². The Morgan fingerprint density at radius 1 is 1.44 bits per heavy atom. The first-order chi connectivity index (χ1) is 7.41. The smallest absolute Gasteiger partial charge is 0.309 e. The fourth-order valence-corrected chi connectivity index (χ4v) is 1.73. The second-order valence-corrected chi connectivity index (χ2v) is 4.36. The molecule has 1 unspecified atom stereocenters. The summed E-state index contributed by atoms with van der Waals surface area (Å²) in [4.78, 5) is 10.6. The molecule has 88 valence electrons. The Morgan fingerprint density at radius 2 is 1.94 bits per heavy atom. The first-order valence-corrected chi connectivity index (χ1v) is 5.42. The Kier molecular flexibility index (Phi) is 4.19. The van der Waals surface area contributed by atoms with E-state index >= 15 is 0 Å². The molecule has 1 atom stereocenters. The van der Waals surface area contributed by atoms with Gasteiger partial charge in [-0.15, -0.1) is 0 Å². The summed E-state index contributed by atoms with van der Waals surface area (Å²) >= 11 is 5.89. The number of rotatable bonds is 4. The molecule has 0 heterocycles. The van der Waals surface area contributed by atoms with Crippen molar-refractivity contribution in [2.75, 3.05) is 6.61 Å². The molecule has 0 spiro atoms. The molecule has 0 aliphatic heterocycles. The van der Waals surface area contributed by atoms with Crippen molar-refractivity contribution in [3.63, 3.8) is 0 Å². The SMILES string of the molecule is Cc1cc(Cl)cc(C)c1OCC(C)C(=O)O. The summed E-state index contributed by atoms with van der Waals surface area (Å²) in [6, 6.07) is 3.60. The Labute approximate surface area is 100.0 Å². The van der Waals surface area contributed by atoms with Gasteiger partial charge in [-0.3, -0.25) is 4.79 Å². The number of aryl methyl sites for hydroxylation is 2. The molecule has 0 aliphatic carbocycles. The normalized spacial score (nSPS) is 12.2. The minimum absolute atomic E-state index is 0.165. The van der Waals surface area contributed by atoms with Crippen LogP contribution in [0, 0.1) is 19.8 Å². The first kappa shape index (κ1) is 12.8. The van der Waals surface area contributed by atoms with Gasteiger partial charge in [0.05, 0.1) is 5.92 Å². The lowest BCUT2D eigenvalue weighted by molar-refractivity contribution is -0.142. The molecule has 3 nitrogen and oxygen atoms in total. The van der Waals surface area contributed by atoms with Crippen molar-refractivity contribution in [2.45, 2.75) is 20.8 Å². The summed E-state index contributed by atoms with van der Waals surface area (Å²) < 4.78 is 5.51. The Hall–Kier alpha value is -1.22. The zero-order chi connectivity index (χ0) is 12.3. The maximum Gasteiger partial charge on any atom is 0.309 e. The van der Waals surface area contributed by atoms with Crippen molar-refractivity contribution < 1.29 is 14.6 Å². The fraction of sp³-hybridized carbons (Fsp3) is 0.417. The third-order valence-electron chi connectivity index (χ3n) is 2.32. The lowest BCUT2D eigenvalue weighted by Crippen LogP contribution is -2.18. The molecule has 1 N–H and O–H groups in total. The molecule has 0 radical (unpaired) electrons. The number of aliphatic carboxylic acids is 1. The highest BCUT2D eigenvalue weighted by atomic mass is 35.5. The molecular weight excluding hydrogens is 228 g/mol. The van der Waals surface area contributed by atoms with Gasteiger partial charge < -0.3 is 9.84 Å². The van der Waals surface area contributed by atoms with Crippen LogP contribution < -0.4 is 4.74 Å². The van der Waals surface area contributed by atoms with Crippen LogP contribution in [-0.2, 0) is 4.79 Å². The Balaban J connectivity index is 2.78. The highest BCUT2D eigenvalue weighted by Gasteiger charge is 2.13. The average Bonchev–Trinajstić information content (AvgIpc) is 2.15. The van der Waals surface area contributed by atoms with E-state index in [0.29, 0.717) is 5.02 Å². The summed E-state index contributed by atoms with van der Waals surface area (Å²) in [6.45, 7) is 5.56. The maximum atomic E-state index is 10.6. The zero-order valence-electron chi connectivity index (χ0n) is 9.58. The standard InChI is InChI=1S/C12H15ClO3/c1-7-4-10(13)5-8(2)11(7)16-6-9(3)12(14)15/h4-5,9H,6H2,1-3H3,(H,14,15). The summed E-state index contributed by atoms with van der Waals surface area (Å²) in [5, 5.41) is 9.40. The van der Waals surface area contributed by atoms with Gasteiger partial charge in [0.2, 0.25) is 0 Å². The quantitative estimate of drug-likeness (QED) is 0.883. The lowest BCUT2D eigenvalue weighted by Gasteiger charge is -2.14. The third-order valence-corrected chi connectivity index (χ3v) is 2.54. The number of carboxylic acids is 1. The van der Waals surface area contributed by atoms with E-state index in [9.17, 15) is 4.79 Å². The topological polar surface area (TPSA) is 46.5 Å². The van der Waals surface area contributed by atoms with Gasteiger partial charge in [0, 0.05) is 5.02 Å². The summed E-state index contributed by atoms with van der Waals surface area (Å²) in [7, 11) is 0. The van der Waals surface area contributed by atoms with E-state index in [-0.39, 0.29) is 6.61 Å². The predicted molar refractivity (Wildman–Crippen MR) is 63.2 cm³/mol. The van der Waals surface area contributed by atoms with Gasteiger partial charge in [-0.2, -0.15) is 0 Å². The summed E-state index contributed by atoms with van der Waals surface area (Å²) in [6.07, 6.45) is 0. The average molecular weight is 243 g/mol. The highest BCUT2D eigenvalue weighted by molar-refractivity contribution is 6.30. The van der Waals surface area contributed by atoms with Crippen LogP contribution in [-0.4, -0.2) is 17.7 Å². The van der Waals surface area contributed by atoms with E-state index in [1.54, 1.807) is 19.1 Å². The molecule has 0 aromatic heterocycles. The number of hydrogen-bond donors (Lipinski definition) is 1. The molecule has 0 aliphatic rings. The van der Waals surface area contributed by atoms with Crippen molar-refractivity contribution in [2.24, 2.45) is 5.92 Å². The van der Waals surface area contributed by atoms with E-state index in [4.69, 9.17) is 21.4 Å². The first-order valence-electron chi connectivity index (χ1n) is 5.04. The molecule has 0 bridgehead atoms. The molecule has 16 heavy (non-hydrogen) atoms. The van der Waals surface area contributed by atoms with Gasteiger partial charge in [0.25, 0.3) is 0 Å². The number of halogens is 1. The van der Waals surface area contributed by atoms with Crippen molar-refractivity contribution in [3.8, 4) is 5.75 Å². The van der Waals surface area contributed by atoms with Crippen LogP contribution in [0.15, 0.2) is 12.1 Å². The predicted octanol–water partition coefficient (Wildman–Crippen LogP) is 3.06. The van der Waals surface area contributed by atoms with Gasteiger partial charge in [-0.05, 0) is 44.0 Å². The van der Waals surface area contributed by atoms with Crippen molar-refractivity contribution >= 4 is 17.6 Å². The van der Waals surface area contributed by atoms with Crippen molar-refractivity contribution in [3.05, 3.63) is 28.3 Å². The number of carbonyl (C=O) groups is 1. The number of ether oxygens (including phenoxy) is 1. The molecular formula is C12H15ClO3. The van der Waals surface area contributed by atoms with Gasteiger partial charge in [-0.25, -0.2) is 0 Å². The highest BCUT2D eigenvalue weighted by Crippen LogP contribution is 2.27. The van der Waals surface area contributed by atoms with Crippen LogP contribution in [0.25, 0.3) is 0 Å². The molecule has 0 amide bonds. The van der Waals surface area contributed by atoms with Crippen molar-refractivity contribution in [1.82, 2.24) is 0 Å². The van der Waals surface area contributed by atoms with Crippen LogP contribution in [0.4, 0.5) is 0 Å². The van der Waals surface area contributed by atoms with Gasteiger partial charge >= 0.3 is 5.97 Å². The van der Waals surface area contributed by atoms with Crippen molar-refractivity contribution in [1.29, 1.82) is 0 Å². The Bertz CT molecular complexity index is 378. The fourth-order valence-electron chi connectivity index (χ4n) is 1.40. The van der Waals surface area contributed by atoms with Gasteiger partial charge in [0.1, 0.15) is 12.4 Å². The van der Waals surface area contributed by atoms with E-state index in [1.165, 1.54) is 0 Å². The largest absolute Gasteiger partial charge is 0.492 e. The molecule has 0 saturated heterocycles. The van der Waals surface area contributed by atoms with Crippen LogP contribution in [0.5, 0.6) is 5.75 Å². The zero-order valence-corrected chi connectivity index (χ0v) is 10.3. The number of benzene rings is 1.